The molecule has 2 aromatic carbocycles. The Kier molecular flexibility index (Phi) is 6.14. The summed E-state index contributed by atoms with van der Waals surface area (Å²) in [6.45, 7) is 4.63. The van der Waals surface area contributed by atoms with Crippen LogP contribution in [-0.4, -0.2) is 38.2 Å². The van der Waals surface area contributed by atoms with Crippen molar-refractivity contribution in [2.75, 3.05) is 26.6 Å². The van der Waals surface area contributed by atoms with Crippen LogP contribution >= 0.6 is 0 Å². The highest BCUT2D eigenvalue weighted by atomic mass is 16.7. The fourth-order valence-corrected chi connectivity index (χ4v) is 2.48. The van der Waals surface area contributed by atoms with E-state index in [0.29, 0.717) is 30.4 Å². The van der Waals surface area contributed by atoms with Crippen LogP contribution in [0.4, 0.5) is 0 Å². The highest BCUT2D eigenvalue weighted by Crippen LogP contribution is 2.32. The van der Waals surface area contributed by atoms with Crippen molar-refractivity contribution in [3.63, 3.8) is 0 Å². The second-order valence-corrected chi connectivity index (χ2v) is 6.03. The Morgan fingerprint density at radius 3 is 2.89 bits per heavy atom. The molecule has 7 heteroatoms. The van der Waals surface area contributed by atoms with E-state index in [2.05, 4.69) is 10.5 Å². The van der Waals surface area contributed by atoms with Gasteiger partial charge in [-0.25, -0.2) is 0 Å². The Morgan fingerprint density at radius 2 is 2.04 bits per heavy atom. The molecule has 0 unspecified atom stereocenters. The molecular weight excluding hydrogens is 348 g/mol. The van der Waals surface area contributed by atoms with E-state index >= 15 is 0 Å². The number of benzene rings is 2. The highest BCUT2D eigenvalue weighted by Gasteiger charge is 2.14. The van der Waals surface area contributed by atoms with Crippen molar-refractivity contribution in [1.29, 1.82) is 0 Å². The van der Waals surface area contributed by atoms with Gasteiger partial charge in [-0.3, -0.25) is 4.79 Å². The molecule has 0 atom stereocenters. The van der Waals surface area contributed by atoms with E-state index in [1.807, 2.05) is 49.4 Å². The zero-order valence-electron chi connectivity index (χ0n) is 15.4. The van der Waals surface area contributed by atoms with Crippen molar-refractivity contribution in [2.24, 2.45) is 5.16 Å². The number of carbonyl (C=O) groups excluding carboxylic acids is 1. The van der Waals surface area contributed by atoms with Gasteiger partial charge >= 0.3 is 0 Å². The Bertz CT molecular complexity index is 835. The van der Waals surface area contributed by atoms with Gasteiger partial charge in [-0.15, -0.1) is 0 Å². The molecule has 1 heterocycles. The van der Waals surface area contributed by atoms with E-state index in [1.165, 1.54) is 0 Å². The van der Waals surface area contributed by atoms with Gasteiger partial charge in [0.1, 0.15) is 12.4 Å². The number of aryl methyl sites for hydroxylation is 1. The second kappa shape index (κ2) is 8.93. The largest absolute Gasteiger partial charge is 0.492 e. The molecule has 0 saturated heterocycles. The third kappa shape index (κ3) is 5.37. The molecule has 1 aliphatic heterocycles. The molecule has 0 radical (unpaired) electrons. The topological polar surface area (TPSA) is 78.4 Å². The molecule has 142 valence electrons. The third-order valence-electron chi connectivity index (χ3n) is 3.87. The smallest absolute Gasteiger partial charge is 0.260 e. The summed E-state index contributed by atoms with van der Waals surface area (Å²) in [5.41, 5.74) is 2.61. The lowest BCUT2D eigenvalue weighted by molar-refractivity contribution is -0.125. The number of nitrogens with zero attached hydrogens (tertiary/aromatic N) is 1. The van der Waals surface area contributed by atoms with Crippen LogP contribution in [0.15, 0.2) is 47.6 Å². The molecule has 7 nitrogen and oxygen atoms in total. The monoisotopic (exact) mass is 370 g/mol. The molecule has 2 aromatic rings. The Morgan fingerprint density at radius 1 is 1.19 bits per heavy atom. The third-order valence-corrected chi connectivity index (χ3v) is 3.87. The van der Waals surface area contributed by atoms with Gasteiger partial charge < -0.3 is 24.4 Å². The molecule has 0 bridgehead atoms. The maximum absolute atomic E-state index is 11.8. The van der Waals surface area contributed by atoms with Gasteiger partial charge in [-0.1, -0.05) is 17.3 Å². The molecule has 0 aliphatic carbocycles. The van der Waals surface area contributed by atoms with Crippen molar-refractivity contribution in [2.45, 2.75) is 13.8 Å². The minimum Gasteiger partial charge on any atom is -0.492 e. The molecule has 1 N–H and O–H groups in total. The van der Waals surface area contributed by atoms with Gasteiger partial charge in [0.15, 0.2) is 18.1 Å². The van der Waals surface area contributed by atoms with Crippen molar-refractivity contribution >= 4 is 11.6 Å². The summed E-state index contributed by atoms with van der Waals surface area (Å²) < 4.78 is 16.2. The van der Waals surface area contributed by atoms with E-state index in [1.54, 1.807) is 6.92 Å². The standard InChI is InChI=1S/C20H22N2O5/c1-14-4-3-5-17(10-14)24-9-8-21-20(23)12-27-22-15(2)16-6-7-18-19(11-16)26-13-25-18/h3-7,10-11H,8-9,12-13H2,1-2H3,(H,21,23)/b22-15-. The molecule has 27 heavy (non-hydrogen) atoms. The van der Waals surface area contributed by atoms with Crippen molar-refractivity contribution in [3.8, 4) is 17.2 Å². The summed E-state index contributed by atoms with van der Waals surface area (Å²) in [6.07, 6.45) is 0. The van der Waals surface area contributed by atoms with E-state index in [4.69, 9.17) is 19.0 Å². The predicted octanol–water partition coefficient (Wildman–Crippen LogP) is 2.66. The number of oxime groups is 1. The molecule has 0 saturated carbocycles. The second-order valence-electron chi connectivity index (χ2n) is 6.03. The number of nitrogens with one attached hydrogen (secondary N) is 1. The normalized spacial score (nSPS) is 12.6. The summed E-state index contributed by atoms with van der Waals surface area (Å²) in [5, 5.41) is 6.69. The van der Waals surface area contributed by atoms with Crippen LogP contribution in [-0.2, 0) is 9.63 Å². The van der Waals surface area contributed by atoms with Crippen LogP contribution < -0.4 is 19.5 Å². The molecule has 0 spiro atoms. The lowest BCUT2D eigenvalue weighted by Crippen LogP contribution is -2.30. The summed E-state index contributed by atoms with van der Waals surface area (Å²) in [4.78, 5) is 16.9. The zero-order valence-corrected chi connectivity index (χ0v) is 15.4. The number of carbonyl (C=O) groups is 1. The number of rotatable bonds is 8. The minimum atomic E-state index is -0.259. The van der Waals surface area contributed by atoms with Gasteiger partial charge in [-0.05, 0) is 49.7 Å². The van der Waals surface area contributed by atoms with E-state index < -0.39 is 0 Å². The molecule has 3 rings (SSSR count). The number of hydrogen-bond acceptors (Lipinski definition) is 6. The summed E-state index contributed by atoms with van der Waals surface area (Å²) in [5.74, 6) is 1.91. The average molecular weight is 370 g/mol. The molecule has 0 aromatic heterocycles. The van der Waals surface area contributed by atoms with Crippen LogP contribution in [0.25, 0.3) is 0 Å². The van der Waals surface area contributed by atoms with Crippen LogP contribution in [0.5, 0.6) is 17.2 Å². The van der Waals surface area contributed by atoms with Crippen LogP contribution in [0.2, 0.25) is 0 Å². The number of hydrogen-bond donors (Lipinski definition) is 1. The number of fused-ring (bicyclic) bond motifs is 1. The fraction of sp³-hybridized carbons (Fsp3) is 0.300. The quantitative estimate of drug-likeness (QED) is 0.439. The summed E-state index contributed by atoms with van der Waals surface area (Å²) >= 11 is 0. The van der Waals surface area contributed by atoms with Gasteiger partial charge in [0.2, 0.25) is 6.79 Å². The van der Waals surface area contributed by atoms with Gasteiger partial charge in [0.25, 0.3) is 5.91 Å². The summed E-state index contributed by atoms with van der Waals surface area (Å²) in [6, 6.07) is 13.3. The molecule has 1 amide bonds. The minimum absolute atomic E-state index is 0.160. The van der Waals surface area contributed by atoms with Gasteiger partial charge in [0, 0.05) is 5.56 Å². The van der Waals surface area contributed by atoms with Crippen molar-refractivity contribution < 1.29 is 23.8 Å². The van der Waals surface area contributed by atoms with Crippen molar-refractivity contribution in [3.05, 3.63) is 53.6 Å². The first-order valence-electron chi connectivity index (χ1n) is 8.64. The molecular formula is C20H22N2O5. The number of ether oxygens (including phenoxy) is 3. The van der Waals surface area contributed by atoms with Gasteiger partial charge in [0.05, 0.1) is 12.3 Å². The SMILES string of the molecule is C/C(=N/OCC(=O)NCCOc1cccc(C)c1)c1ccc2c(c1)OCO2. The van der Waals surface area contributed by atoms with E-state index in [9.17, 15) is 4.79 Å². The highest BCUT2D eigenvalue weighted by molar-refractivity contribution is 5.99. The maximum atomic E-state index is 11.8. The average Bonchev–Trinajstić information content (AvgIpc) is 3.13. The zero-order chi connectivity index (χ0) is 19.1. The maximum Gasteiger partial charge on any atom is 0.260 e. The lowest BCUT2D eigenvalue weighted by Gasteiger charge is -2.08. The molecule has 0 fully saturated rings. The van der Waals surface area contributed by atoms with Crippen LogP contribution in [0.1, 0.15) is 18.1 Å². The summed E-state index contributed by atoms with van der Waals surface area (Å²) in [7, 11) is 0. The van der Waals surface area contributed by atoms with Gasteiger partial charge in [-0.2, -0.15) is 0 Å². The van der Waals surface area contributed by atoms with Crippen LogP contribution in [0, 0.1) is 6.92 Å². The van der Waals surface area contributed by atoms with Crippen LogP contribution in [0.3, 0.4) is 0 Å². The Balaban J connectivity index is 1.37. The first-order chi connectivity index (χ1) is 13.1. The Labute approximate surface area is 157 Å². The number of amides is 1. The lowest BCUT2D eigenvalue weighted by atomic mass is 10.1. The molecule has 1 aliphatic rings. The predicted molar refractivity (Wildman–Crippen MR) is 100 cm³/mol. The Hall–Kier alpha value is -3.22. The first-order valence-corrected chi connectivity index (χ1v) is 8.64. The first kappa shape index (κ1) is 18.6. The van der Waals surface area contributed by atoms with Crippen molar-refractivity contribution in [1.82, 2.24) is 5.32 Å². The van der Waals surface area contributed by atoms with E-state index in [0.717, 1.165) is 16.9 Å². The fourth-order valence-electron chi connectivity index (χ4n) is 2.48. The van der Waals surface area contributed by atoms with E-state index in [-0.39, 0.29) is 19.3 Å².